The van der Waals surface area contributed by atoms with Gasteiger partial charge in [0.25, 0.3) is 0 Å². The minimum atomic E-state index is -0.442. The molecule has 0 atom stereocenters. The summed E-state index contributed by atoms with van der Waals surface area (Å²) in [5, 5.41) is 12.0. The average Bonchev–Trinajstić information content (AvgIpc) is 2.46. The van der Waals surface area contributed by atoms with Crippen molar-refractivity contribution in [2.45, 2.75) is 26.3 Å². The molecule has 0 spiro atoms. The summed E-state index contributed by atoms with van der Waals surface area (Å²) in [7, 11) is 0. The highest BCUT2D eigenvalue weighted by atomic mass is 16.4. The predicted molar refractivity (Wildman–Crippen MR) is 78.0 cm³/mol. The van der Waals surface area contributed by atoms with E-state index in [4.69, 9.17) is 10.9 Å². The lowest BCUT2D eigenvalue weighted by Crippen LogP contribution is -2.59. The van der Waals surface area contributed by atoms with Crippen molar-refractivity contribution >= 4 is 11.7 Å². The Hall–Kier alpha value is -1.89. The third-order valence-electron chi connectivity index (χ3n) is 3.89. The number of nitrogens with two attached hydrogens (primary N) is 1. The van der Waals surface area contributed by atoms with Gasteiger partial charge in [-0.1, -0.05) is 5.16 Å². The Bertz CT molecular complexity index is 493. The van der Waals surface area contributed by atoms with Crippen LogP contribution in [0.1, 0.15) is 19.7 Å². The van der Waals surface area contributed by atoms with Gasteiger partial charge in [-0.05, 0) is 26.8 Å². The van der Waals surface area contributed by atoms with Crippen molar-refractivity contribution in [1.29, 1.82) is 0 Å². The van der Waals surface area contributed by atoms with Crippen LogP contribution < -0.4 is 10.6 Å². The van der Waals surface area contributed by atoms with Gasteiger partial charge in [0, 0.05) is 32.4 Å². The molecule has 1 aliphatic heterocycles. The molecule has 2 heterocycles. The van der Waals surface area contributed by atoms with E-state index in [1.807, 2.05) is 26.8 Å². The first kappa shape index (κ1) is 14.5. The molecule has 3 N–H and O–H groups in total. The van der Waals surface area contributed by atoms with E-state index in [2.05, 4.69) is 24.9 Å². The fourth-order valence-corrected chi connectivity index (χ4v) is 2.40. The van der Waals surface area contributed by atoms with Crippen LogP contribution in [0.15, 0.2) is 17.4 Å². The van der Waals surface area contributed by atoms with Crippen molar-refractivity contribution in [2.24, 2.45) is 10.9 Å². The lowest BCUT2D eigenvalue weighted by atomic mass is 10.0. The molecular weight excluding hydrogens is 256 g/mol. The molecule has 0 aromatic carbocycles. The van der Waals surface area contributed by atoms with Gasteiger partial charge in [-0.2, -0.15) is 0 Å². The average molecular weight is 278 g/mol. The first-order chi connectivity index (χ1) is 9.45. The maximum Gasteiger partial charge on any atom is 0.159 e. The van der Waals surface area contributed by atoms with E-state index in [-0.39, 0.29) is 5.84 Å². The third kappa shape index (κ3) is 2.82. The van der Waals surface area contributed by atoms with E-state index in [9.17, 15) is 0 Å². The standard InChI is InChI=1S/C13H22N6O/c1-10-15-5-4-11(16-10)18-6-8-19(9-7-18)13(2,3)12(14)17-20/h4-5,20H,6-9H2,1-3H3,(H2,14,17). The van der Waals surface area contributed by atoms with Crippen LogP contribution in [-0.4, -0.2) is 57.6 Å². The number of hydrogen-bond acceptors (Lipinski definition) is 6. The van der Waals surface area contributed by atoms with Crippen molar-refractivity contribution in [3.8, 4) is 0 Å². The van der Waals surface area contributed by atoms with E-state index in [0.29, 0.717) is 0 Å². The number of nitrogens with zero attached hydrogens (tertiary/aromatic N) is 5. The first-order valence-electron chi connectivity index (χ1n) is 6.73. The van der Waals surface area contributed by atoms with Crippen LogP contribution in [0.25, 0.3) is 0 Å². The maximum absolute atomic E-state index is 8.87. The Morgan fingerprint density at radius 2 is 2.00 bits per heavy atom. The Kier molecular flexibility index (Phi) is 4.08. The summed E-state index contributed by atoms with van der Waals surface area (Å²) in [4.78, 5) is 13.0. The van der Waals surface area contributed by atoms with E-state index in [0.717, 1.165) is 37.8 Å². The highest BCUT2D eigenvalue weighted by molar-refractivity contribution is 5.88. The van der Waals surface area contributed by atoms with Crippen molar-refractivity contribution < 1.29 is 5.21 Å². The zero-order valence-electron chi connectivity index (χ0n) is 12.2. The summed E-state index contributed by atoms with van der Waals surface area (Å²) in [5.74, 6) is 1.98. The van der Waals surface area contributed by atoms with Crippen LogP contribution in [-0.2, 0) is 0 Å². The zero-order valence-corrected chi connectivity index (χ0v) is 12.2. The summed E-state index contributed by atoms with van der Waals surface area (Å²) in [5.41, 5.74) is 5.33. The lowest BCUT2D eigenvalue weighted by Gasteiger charge is -2.43. The van der Waals surface area contributed by atoms with Crippen molar-refractivity contribution in [2.75, 3.05) is 31.1 Å². The summed E-state index contributed by atoms with van der Waals surface area (Å²) in [6.07, 6.45) is 1.78. The van der Waals surface area contributed by atoms with Crippen LogP contribution >= 0.6 is 0 Å². The number of piperazine rings is 1. The summed E-state index contributed by atoms with van der Waals surface area (Å²) in [6.45, 7) is 9.22. The summed E-state index contributed by atoms with van der Waals surface area (Å²) >= 11 is 0. The lowest BCUT2D eigenvalue weighted by molar-refractivity contribution is 0.161. The fraction of sp³-hybridized carbons (Fsp3) is 0.615. The molecule has 1 saturated heterocycles. The minimum absolute atomic E-state index is 0.240. The van der Waals surface area contributed by atoms with E-state index < -0.39 is 5.54 Å². The van der Waals surface area contributed by atoms with Gasteiger partial charge in [-0.3, -0.25) is 4.90 Å². The Balaban J connectivity index is 2.03. The number of anilines is 1. The molecule has 0 saturated carbocycles. The minimum Gasteiger partial charge on any atom is -0.409 e. The molecule has 110 valence electrons. The maximum atomic E-state index is 8.87. The third-order valence-corrected chi connectivity index (χ3v) is 3.89. The molecule has 1 fully saturated rings. The van der Waals surface area contributed by atoms with Gasteiger partial charge < -0.3 is 15.8 Å². The van der Waals surface area contributed by atoms with Gasteiger partial charge in [-0.25, -0.2) is 9.97 Å². The highest BCUT2D eigenvalue weighted by Gasteiger charge is 2.33. The first-order valence-corrected chi connectivity index (χ1v) is 6.73. The second-order valence-corrected chi connectivity index (χ2v) is 5.48. The number of aryl methyl sites for hydroxylation is 1. The Morgan fingerprint density at radius 1 is 1.35 bits per heavy atom. The number of hydrogen-bond donors (Lipinski definition) is 2. The highest BCUT2D eigenvalue weighted by Crippen LogP contribution is 2.20. The largest absolute Gasteiger partial charge is 0.409 e. The van der Waals surface area contributed by atoms with Gasteiger partial charge in [0.05, 0.1) is 5.54 Å². The number of aromatic nitrogens is 2. The quantitative estimate of drug-likeness (QED) is 0.361. The predicted octanol–water partition coefficient (Wildman–Crippen LogP) is 0.432. The van der Waals surface area contributed by atoms with Crippen molar-refractivity contribution in [3.05, 3.63) is 18.1 Å². The van der Waals surface area contributed by atoms with Crippen LogP contribution in [0.3, 0.4) is 0 Å². The van der Waals surface area contributed by atoms with Crippen LogP contribution in [0, 0.1) is 6.92 Å². The number of rotatable bonds is 3. The molecule has 1 aliphatic rings. The van der Waals surface area contributed by atoms with Crippen LogP contribution in [0.2, 0.25) is 0 Å². The fourth-order valence-electron chi connectivity index (χ4n) is 2.40. The Labute approximate surface area is 119 Å². The van der Waals surface area contributed by atoms with E-state index >= 15 is 0 Å². The molecule has 0 aliphatic carbocycles. The molecule has 7 heteroatoms. The molecule has 0 bridgehead atoms. The van der Waals surface area contributed by atoms with Gasteiger partial charge in [0.15, 0.2) is 5.84 Å². The topological polar surface area (TPSA) is 90.9 Å². The second-order valence-electron chi connectivity index (χ2n) is 5.48. The number of oxime groups is 1. The molecule has 0 unspecified atom stereocenters. The molecule has 0 radical (unpaired) electrons. The smallest absolute Gasteiger partial charge is 0.159 e. The van der Waals surface area contributed by atoms with E-state index in [1.54, 1.807) is 6.20 Å². The molecule has 1 aromatic rings. The molecule has 1 aromatic heterocycles. The molecule has 0 amide bonds. The second kappa shape index (κ2) is 5.62. The zero-order chi connectivity index (χ0) is 14.8. The number of amidine groups is 1. The summed E-state index contributed by atoms with van der Waals surface area (Å²) < 4.78 is 0. The van der Waals surface area contributed by atoms with Gasteiger partial charge in [0.2, 0.25) is 0 Å². The molecule has 20 heavy (non-hydrogen) atoms. The molecular formula is C13H22N6O. The van der Waals surface area contributed by atoms with Gasteiger partial charge >= 0.3 is 0 Å². The van der Waals surface area contributed by atoms with Crippen molar-refractivity contribution in [1.82, 2.24) is 14.9 Å². The molecule has 2 rings (SSSR count). The van der Waals surface area contributed by atoms with Crippen molar-refractivity contribution in [3.63, 3.8) is 0 Å². The van der Waals surface area contributed by atoms with E-state index in [1.165, 1.54) is 0 Å². The monoisotopic (exact) mass is 278 g/mol. The van der Waals surface area contributed by atoms with Gasteiger partial charge in [-0.15, -0.1) is 0 Å². The summed E-state index contributed by atoms with van der Waals surface area (Å²) in [6, 6.07) is 1.93. The normalized spacial score (nSPS) is 18.4. The van der Waals surface area contributed by atoms with Crippen LogP contribution in [0.4, 0.5) is 5.82 Å². The molecule has 7 nitrogen and oxygen atoms in total. The Morgan fingerprint density at radius 3 is 2.55 bits per heavy atom. The van der Waals surface area contributed by atoms with Crippen LogP contribution in [0.5, 0.6) is 0 Å². The SMILES string of the molecule is Cc1nccc(N2CCN(C(C)(C)C(N)=NO)CC2)n1. The van der Waals surface area contributed by atoms with Gasteiger partial charge in [0.1, 0.15) is 11.6 Å².